The van der Waals surface area contributed by atoms with Gasteiger partial charge in [-0.3, -0.25) is 0 Å². The highest BCUT2D eigenvalue weighted by Gasteiger charge is 2.12. The zero-order valence-electron chi connectivity index (χ0n) is 17.5. The van der Waals surface area contributed by atoms with E-state index in [1.165, 1.54) is 6.08 Å². The van der Waals surface area contributed by atoms with Crippen molar-refractivity contribution in [2.24, 2.45) is 0 Å². The van der Waals surface area contributed by atoms with Gasteiger partial charge in [-0.05, 0) is 47.4 Å². The van der Waals surface area contributed by atoms with Crippen LogP contribution < -0.4 is 10.5 Å². The molecule has 156 valence electrons. The number of aliphatic carboxylic acids is 1. The molecule has 0 amide bonds. The Morgan fingerprint density at radius 3 is 2.39 bits per heavy atom. The third-order valence-corrected chi connectivity index (χ3v) is 4.95. The Hall–Kier alpha value is -4.11. The van der Waals surface area contributed by atoms with Crippen LogP contribution in [-0.4, -0.2) is 25.2 Å². The largest absolute Gasteiger partial charge is 0.477 e. The first-order valence-corrected chi connectivity index (χ1v) is 9.74. The Kier molecular flexibility index (Phi) is 6.37. The summed E-state index contributed by atoms with van der Waals surface area (Å²) in [5.41, 5.74) is 3.66. The normalized spacial score (nSPS) is 11.6. The minimum atomic E-state index is -1.26. The molecule has 0 spiro atoms. The van der Waals surface area contributed by atoms with E-state index < -0.39 is 11.6 Å². The molecule has 3 aromatic rings. The molecule has 3 rings (SSSR count). The van der Waals surface area contributed by atoms with Crippen LogP contribution in [0.2, 0.25) is 0 Å². The third-order valence-electron chi connectivity index (χ3n) is 4.95. The first kappa shape index (κ1) is 21.6. The van der Waals surface area contributed by atoms with Crippen LogP contribution in [0.5, 0.6) is 0 Å². The van der Waals surface area contributed by atoms with Crippen LogP contribution in [0.3, 0.4) is 0 Å². The van der Waals surface area contributed by atoms with Gasteiger partial charge in [0.2, 0.25) is 0 Å². The van der Waals surface area contributed by atoms with E-state index in [2.05, 4.69) is 0 Å². The maximum atomic E-state index is 12.7. The maximum Gasteiger partial charge on any atom is 0.346 e. The summed E-state index contributed by atoms with van der Waals surface area (Å²) in [6.07, 6.45) is 5.54. The van der Waals surface area contributed by atoms with E-state index in [9.17, 15) is 9.59 Å². The maximum absolute atomic E-state index is 12.7. The van der Waals surface area contributed by atoms with Crippen LogP contribution >= 0.6 is 0 Å². The Labute approximate surface area is 180 Å². The van der Waals surface area contributed by atoms with Gasteiger partial charge in [0, 0.05) is 31.2 Å². The zero-order chi connectivity index (χ0) is 22.5. The number of carboxylic acid groups (broad SMARTS) is 1. The van der Waals surface area contributed by atoms with Crippen LogP contribution in [0.25, 0.3) is 29.2 Å². The number of carbonyl (C=O) groups is 1. The SMILES string of the molecule is CCc1c(/C=C/c2ccc(C=C(C#N)C(=O)O)cc2)c(=O)oc2cc(N(C)C)ccc12. The number of rotatable bonds is 6. The monoisotopic (exact) mass is 414 g/mol. The lowest BCUT2D eigenvalue weighted by atomic mass is 10.0. The number of nitriles is 1. The van der Waals surface area contributed by atoms with Crippen molar-refractivity contribution in [2.45, 2.75) is 13.3 Å². The minimum absolute atomic E-state index is 0.331. The van der Waals surface area contributed by atoms with Crippen molar-refractivity contribution in [1.82, 2.24) is 0 Å². The average Bonchev–Trinajstić information content (AvgIpc) is 2.75. The van der Waals surface area contributed by atoms with Gasteiger partial charge in [-0.15, -0.1) is 0 Å². The van der Waals surface area contributed by atoms with Crippen LogP contribution in [0.1, 0.15) is 29.2 Å². The highest BCUT2D eigenvalue weighted by atomic mass is 16.4. The van der Waals surface area contributed by atoms with Crippen LogP contribution in [-0.2, 0) is 11.2 Å². The van der Waals surface area contributed by atoms with E-state index >= 15 is 0 Å². The summed E-state index contributed by atoms with van der Waals surface area (Å²) >= 11 is 0. The predicted octanol–water partition coefficient (Wildman–Crippen LogP) is 4.58. The van der Waals surface area contributed by atoms with E-state index in [0.29, 0.717) is 23.1 Å². The summed E-state index contributed by atoms with van der Waals surface area (Å²) in [5.74, 6) is -1.26. The highest BCUT2D eigenvalue weighted by molar-refractivity contribution is 5.96. The van der Waals surface area contributed by atoms with Gasteiger partial charge in [-0.2, -0.15) is 5.26 Å². The van der Waals surface area contributed by atoms with Crippen molar-refractivity contribution in [3.8, 4) is 6.07 Å². The van der Waals surface area contributed by atoms with Crippen LogP contribution in [0.15, 0.2) is 57.2 Å². The standard InChI is InChI=1S/C25H22N2O4/c1-4-20-21-12-10-19(27(2)3)14-23(21)31-25(30)22(20)11-9-16-5-7-17(8-6-16)13-18(15-26)24(28)29/h5-14H,4H2,1-3H3,(H,28,29)/b11-9+,18-13?. The number of hydrogen-bond donors (Lipinski definition) is 1. The van der Waals surface area contributed by atoms with Gasteiger partial charge in [0.05, 0.1) is 5.56 Å². The number of fused-ring (bicyclic) bond motifs is 1. The highest BCUT2D eigenvalue weighted by Crippen LogP contribution is 2.26. The Bertz CT molecular complexity index is 1290. The lowest BCUT2D eigenvalue weighted by Gasteiger charge is -2.14. The molecule has 0 unspecified atom stereocenters. The molecule has 0 fully saturated rings. The molecule has 2 aromatic carbocycles. The van der Waals surface area contributed by atoms with Crippen LogP contribution in [0, 0.1) is 11.3 Å². The molecule has 6 nitrogen and oxygen atoms in total. The number of carboxylic acids is 1. The Balaban J connectivity index is 1.97. The lowest BCUT2D eigenvalue weighted by Crippen LogP contribution is -2.10. The van der Waals surface area contributed by atoms with Gasteiger partial charge in [-0.1, -0.05) is 37.3 Å². The van der Waals surface area contributed by atoms with Gasteiger partial charge in [0.15, 0.2) is 0 Å². The lowest BCUT2D eigenvalue weighted by molar-refractivity contribution is -0.132. The summed E-state index contributed by atoms with van der Waals surface area (Å²) in [6.45, 7) is 2.00. The summed E-state index contributed by atoms with van der Waals surface area (Å²) in [5, 5.41) is 18.7. The van der Waals surface area contributed by atoms with Crippen LogP contribution in [0.4, 0.5) is 5.69 Å². The molecule has 6 heteroatoms. The fourth-order valence-corrected chi connectivity index (χ4v) is 3.29. The molecule has 1 aromatic heterocycles. The van der Waals surface area contributed by atoms with E-state index in [1.807, 2.05) is 44.1 Å². The van der Waals surface area contributed by atoms with E-state index in [-0.39, 0.29) is 5.57 Å². The van der Waals surface area contributed by atoms with E-state index in [1.54, 1.807) is 42.5 Å². The number of hydrogen-bond acceptors (Lipinski definition) is 5. The number of nitrogens with zero attached hydrogens (tertiary/aromatic N) is 2. The van der Waals surface area contributed by atoms with Gasteiger partial charge >= 0.3 is 11.6 Å². The van der Waals surface area contributed by atoms with Gasteiger partial charge in [0.1, 0.15) is 17.2 Å². The fraction of sp³-hybridized carbons (Fsp3) is 0.160. The van der Waals surface area contributed by atoms with Gasteiger partial charge in [0.25, 0.3) is 0 Å². The smallest absolute Gasteiger partial charge is 0.346 e. The molecule has 1 N–H and O–H groups in total. The number of anilines is 1. The van der Waals surface area contributed by atoms with Crippen molar-refractivity contribution in [2.75, 3.05) is 19.0 Å². The van der Waals surface area contributed by atoms with Crippen molar-refractivity contribution in [3.05, 3.63) is 80.7 Å². The summed E-state index contributed by atoms with van der Waals surface area (Å²) in [7, 11) is 3.86. The Morgan fingerprint density at radius 1 is 1.13 bits per heavy atom. The molecule has 0 aliphatic heterocycles. The van der Waals surface area contributed by atoms with Crippen molar-refractivity contribution >= 4 is 40.9 Å². The molecular formula is C25H22N2O4. The zero-order valence-corrected chi connectivity index (χ0v) is 17.5. The van der Waals surface area contributed by atoms with Crippen molar-refractivity contribution in [3.63, 3.8) is 0 Å². The Morgan fingerprint density at radius 2 is 1.81 bits per heavy atom. The van der Waals surface area contributed by atoms with Crippen molar-refractivity contribution in [1.29, 1.82) is 5.26 Å². The molecule has 0 aliphatic rings. The number of aryl methyl sites for hydroxylation is 1. The quantitative estimate of drug-likeness (QED) is 0.360. The minimum Gasteiger partial charge on any atom is -0.477 e. The average molecular weight is 414 g/mol. The first-order valence-electron chi connectivity index (χ1n) is 9.74. The van der Waals surface area contributed by atoms with E-state index in [0.717, 1.165) is 22.2 Å². The molecule has 31 heavy (non-hydrogen) atoms. The fourth-order valence-electron chi connectivity index (χ4n) is 3.29. The van der Waals surface area contributed by atoms with E-state index in [4.69, 9.17) is 14.8 Å². The summed E-state index contributed by atoms with van der Waals surface area (Å²) in [4.78, 5) is 25.6. The summed E-state index contributed by atoms with van der Waals surface area (Å²) < 4.78 is 5.58. The second-order valence-corrected chi connectivity index (χ2v) is 7.19. The summed E-state index contributed by atoms with van der Waals surface area (Å²) in [6, 6.07) is 14.5. The molecule has 0 bridgehead atoms. The topological polar surface area (TPSA) is 94.5 Å². The molecule has 1 heterocycles. The molecule has 0 aliphatic carbocycles. The van der Waals surface area contributed by atoms with Gasteiger partial charge < -0.3 is 14.4 Å². The second-order valence-electron chi connectivity index (χ2n) is 7.19. The molecule has 0 atom stereocenters. The van der Waals surface area contributed by atoms with Crippen molar-refractivity contribution < 1.29 is 14.3 Å². The van der Waals surface area contributed by atoms with Gasteiger partial charge in [-0.25, -0.2) is 9.59 Å². The molecule has 0 radical (unpaired) electrons. The third kappa shape index (κ3) is 4.73. The number of benzene rings is 2. The molecule has 0 saturated heterocycles. The first-order chi connectivity index (χ1) is 14.8. The molecular weight excluding hydrogens is 392 g/mol. The second kappa shape index (κ2) is 9.14. The molecule has 0 saturated carbocycles. The predicted molar refractivity (Wildman–Crippen MR) is 123 cm³/mol.